The van der Waals surface area contributed by atoms with E-state index in [0.717, 1.165) is 11.0 Å². The number of aliphatic hydroxyl groups is 1. The van der Waals surface area contributed by atoms with Gasteiger partial charge in [0, 0.05) is 12.5 Å². The summed E-state index contributed by atoms with van der Waals surface area (Å²) in [6.45, 7) is 3.65. The molecule has 86 valence electrons. The highest BCUT2D eigenvalue weighted by molar-refractivity contribution is 5.77. The summed E-state index contributed by atoms with van der Waals surface area (Å²) in [6.07, 6.45) is -0.773. The molecule has 0 saturated heterocycles. The van der Waals surface area contributed by atoms with E-state index in [0.29, 0.717) is 5.76 Å². The number of rotatable bonds is 3. The molecule has 0 spiro atoms. The van der Waals surface area contributed by atoms with Crippen molar-refractivity contribution in [3.8, 4) is 0 Å². The predicted molar refractivity (Wildman–Crippen MR) is 62.3 cm³/mol. The SMILES string of the molecule is COC(C)(C)C(O)c1cc2ccccc2o1. The second-order valence-corrected chi connectivity index (χ2v) is 4.40. The van der Waals surface area contributed by atoms with E-state index in [1.165, 1.54) is 0 Å². The van der Waals surface area contributed by atoms with Crippen LogP contribution in [0.2, 0.25) is 0 Å². The van der Waals surface area contributed by atoms with Crippen LogP contribution in [-0.2, 0) is 4.74 Å². The van der Waals surface area contributed by atoms with Crippen molar-refractivity contribution in [1.82, 2.24) is 0 Å². The minimum Gasteiger partial charge on any atom is -0.458 e. The molecular weight excluding hydrogens is 204 g/mol. The molecule has 1 aromatic heterocycles. The van der Waals surface area contributed by atoms with Gasteiger partial charge in [-0.05, 0) is 26.0 Å². The molecular formula is C13H16O3. The molecule has 0 bridgehead atoms. The van der Waals surface area contributed by atoms with Gasteiger partial charge < -0.3 is 14.3 Å². The minimum absolute atomic E-state index is 0.535. The van der Waals surface area contributed by atoms with Gasteiger partial charge in [0.25, 0.3) is 0 Å². The fourth-order valence-corrected chi connectivity index (χ4v) is 1.59. The predicted octanol–water partition coefficient (Wildman–Crippen LogP) is 2.89. The molecule has 0 fully saturated rings. The van der Waals surface area contributed by atoms with E-state index in [-0.39, 0.29) is 0 Å². The smallest absolute Gasteiger partial charge is 0.140 e. The Morgan fingerprint density at radius 3 is 2.62 bits per heavy atom. The summed E-state index contributed by atoms with van der Waals surface area (Å²) in [5, 5.41) is 11.1. The first-order valence-electron chi connectivity index (χ1n) is 5.26. The summed E-state index contributed by atoms with van der Waals surface area (Å²) in [5.41, 5.74) is 0.122. The molecule has 2 rings (SSSR count). The maximum absolute atomic E-state index is 10.1. The summed E-state index contributed by atoms with van der Waals surface area (Å²) in [7, 11) is 1.58. The molecule has 3 heteroatoms. The first kappa shape index (κ1) is 11.2. The number of benzene rings is 1. The molecule has 1 N–H and O–H groups in total. The molecule has 0 aliphatic rings. The quantitative estimate of drug-likeness (QED) is 0.864. The van der Waals surface area contributed by atoms with Crippen molar-refractivity contribution in [2.75, 3.05) is 7.11 Å². The number of hydrogen-bond acceptors (Lipinski definition) is 3. The van der Waals surface area contributed by atoms with Crippen molar-refractivity contribution in [2.45, 2.75) is 25.6 Å². The van der Waals surface area contributed by atoms with E-state index in [4.69, 9.17) is 9.15 Å². The van der Waals surface area contributed by atoms with Crippen molar-refractivity contribution in [3.63, 3.8) is 0 Å². The zero-order valence-corrected chi connectivity index (χ0v) is 9.73. The standard InChI is InChI=1S/C13H16O3/c1-13(2,15-3)12(14)11-8-9-6-4-5-7-10(9)16-11/h4-8,12,14H,1-3H3. The van der Waals surface area contributed by atoms with E-state index in [9.17, 15) is 5.11 Å². The molecule has 1 heterocycles. The van der Waals surface area contributed by atoms with Gasteiger partial charge in [0.1, 0.15) is 17.4 Å². The van der Waals surface area contributed by atoms with E-state index in [2.05, 4.69) is 0 Å². The van der Waals surface area contributed by atoms with Crippen LogP contribution in [-0.4, -0.2) is 17.8 Å². The average Bonchev–Trinajstić information content (AvgIpc) is 2.71. The summed E-state index contributed by atoms with van der Waals surface area (Å²) in [5.74, 6) is 0.535. The lowest BCUT2D eigenvalue weighted by Gasteiger charge is -2.27. The van der Waals surface area contributed by atoms with Crippen molar-refractivity contribution < 1.29 is 14.3 Å². The number of ether oxygens (including phenoxy) is 1. The molecule has 3 nitrogen and oxygen atoms in total. The fourth-order valence-electron chi connectivity index (χ4n) is 1.59. The zero-order chi connectivity index (χ0) is 11.8. The highest BCUT2D eigenvalue weighted by Gasteiger charge is 2.31. The molecule has 0 amide bonds. The van der Waals surface area contributed by atoms with Gasteiger partial charge in [-0.3, -0.25) is 0 Å². The number of para-hydroxylation sites is 1. The fraction of sp³-hybridized carbons (Fsp3) is 0.385. The molecule has 1 aromatic carbocycles. The Bertz CT molecular complexity index is 452. The number of furan rings is 1. The van der Waals surface area contributed by atoms with Crippen molar-refractivity contribution >= 4 is 11.0 Å². The van der Waals surface area contributed by atoms with Crippen LogP contribution >= 0.6 is 0 Å². The Morgan fingerprint density at radius 1 is 1.31 bits per heavy atom. The first-order valence-corrected chi connectivity index (χ1v) is 5.26. The van der Waals surface area contributed by atoms with Gasteiger partial charge in [-0.25, -0.2) is 0 Å². The average molecular weight is 220 g/mol. The van der Waals surface area contributed by atoms with Gasteiger partial charge in [-0.15, -0.1) is 0 Å². The van der Waals surface area contributed by atoms with Crippen LogP contribution in [0.5, 0.6) is 0 Å². The van der Waals surface area contributed by atoms with Crippen LogP contribution in [0.3, 0.4) is 0 Å². The highest BCUT2D eigenvalue weighted by Crippen LogP contribution is 2.31. The molecule has 0 aliphatic heterocycles. The lowest BCUT2D eigenvalue weighted by molar-refractivity contribution is -0.0867. The second kappa shape index (κ2) is 3.92. The third-order valence-corrected chi connectivity index (χ3v) is 2.90. The Kier molecular flexibility index (Phi) is 2.74. The van der Waals surface area contributed by atoms with E-state index < -0.39 is 11.7 Å². The number of aliphatic hydroxyl groups excluding tert-OH is 1. The maximum Gasteiger partial charge on any atom is 0.140 e. The van der Waals surface area contributed by atoms with Crippen LogP contribution in [0, 0.1) is 0 Å². The van der Waals surface area contributed by atoms with Gasteiger partial charge in [-0.1, -0.05) is 18.2 Å². The van der Waals surface area contributed by atoms with Crippen molar-refractivity contribution in [3.05, 3.63) is 36.1 Å². The molecule has 0 saturated carbocycles. The maximum atomic E-state index is 10.1. The van der Waals surface area contributed by atoms with Crippen molar-refractivity contribution in [1.29, 1.82) is 0 Å². The molecule has 2 aromatic rings. The number of methoxy groups -OCH3 is 1. The Morgan fingerprint density at radius 2 is 2.00 bits per heavy atom. The number of hydrogen-bond donors (Lipinski definition) is 1. The molecule has 16 heavy (non-hydrogen) atoms. The third-order valence-electron chi connectivity index (χ3n) is 2.90. The highest BCUT2D eigenvalue weighted by atomic mass is 16.5. The largest absolute Gasteiger partial charge is 0.458 e. The molecule has 1 atom stereocenters. The first-order chi connectivity index (χ1) is 7.54. The number of fused-ring (bicyclic) bond motifs is 1. The van der Waals surface area contributed by atoms with Gasteiger partial charge in [-0.2, -0.15) is 0 Å². The van der Waals surface area contributed by atoms with Gasteiger partial charge >= 0.3 is 0 Å². The summed E-state index contributed by atoms with van der Waals surface area (Å²) < 4.78 is 10.8. The molecule has 0 aliphatic carbocycles. The Balaban J connectivity index is 2.40. The van der Waals surface area contributed by atoms with Crippen LogP contribution in [0.4, 0.5) is 0 Å². The van der Waals surface area contributed by atoms with E-state index >= 15 is 0 Å². The van der Waals surface area contributed by atoms with Gasteiger partial charge in [0.15, 0.2) is 0 Å². The van der Waals surface area contributed by atoms with Crippen LogP contribution in [0.15, 0.2) is 34.7 Å². The normalized spacial score (nSPS) is 14.2. The Hall–Kier alpha value is -1.32. The van der Waals surface area contributed by atoms with Crippen LogP contribution in [0.1, 0.15) is 25.7 Å². The zero-order valence-electron chi connectivity index (χ0n) is 9.73. The van der Waals surface area contributed by atoms with Crippen molar-refractivity contribution in [2.24, 2.45) is 0 Å². The lowest BCUT2D eigenvalue weighted by Crippen LogP contribution is -2.31. The third kappa shape index (κ3) is 1.84. The topological polar surface area (TPSA) is 42.6 Å². The van der Waals surface area contributed by atoms with Gasteiger partial charge in [0.2, 0.25) is 0 Å². The summed E-state index contributed by atoms with van der Waals surface area (Å²) >= 11 is 0. The molecule has 0 radical (unpaired) electrons. The summed E-state index contributed by atoms with van der Waals surface area (Å²) in [4.78, 5) is 0. The minimum atomic E-state index is -0.773. The Labute approximate surface area is 94.6 Å². The van der Waals surface area contributed by atoms with Gasteiger partial charge in [0.05, 0.1) is 5.60 Å². The van der Waals surface area contributed by atoms with Crippen LogP contribution < -0.4 is 0 Å². The summed E-state index contributed by atoms with van der Waals surface area (Å²) in [6, 6.07) is 9.53. The van der Waals surface area contributed by atoms with E-state index in [1.54, 1.807) is 7.11 Å². The molecule has 1 unspecified atom stereocenters. The second-order valence-electron chi connectivity index (χ2n) is 4.40. The monoisotopic (exact) mass is 220 g/mol. The lowest BCUT2D eigenvalue weighted by atomic mass is 9.99. The van der Waals surface area contributed by atoms with E-state index in [1.807, 2.05) is 44.2 Å². The van der Waals surface area contributed by atoms with Crippen LogP contribution in [0.25, 0.3) is 11.0 Å².